The molecule has 3 heterocycles. The van der Waals surface area contributed by atoms with Crippen LogP contribution < -0.4 is 10.9 Å². The van der Waals surface area contributed by atoms with Gasteiger partial charge in [0.15, 0.2) is 5.82 Å². The number of hydrogen-bond donors (Lipinski definition) is 1. The first-order valence-corrected chi connectivity index (χ1v) is 9.90. The molecule has 0 saturated heterocycles. The molecule has 0 saturated carbocycles. The van der Waals surface area contributed by atoms with E-state index in [4.69, 9.17) is 4.74 Å². The Morgan fingerprint density at radius 1 is 1.12 bits per heavy atom. The van der Waals surface area contributed by atoms with Gasteiger partial charge < -0.3 is 10.1 Å². The molecule has 0 spiro atoms. The fraction of sp³-hybridized carbons (Fsp3) is 0.182. The number of aromatic nitrogens is 5. The second-order valence-corrected chi connectivity index (χ2v) is 7.39. The van der Waals surface area contributed by atoms with Gasteiger partial charge in [-0.2, -0.15) is 9.78 Å². The van der Waals surface area contributed by atoms with Gasteiger partial charge in [0, 0.05) is 29.6 Å². The predicted molar refractivity (Wildman–Crippen MR) is 112 cm³/mol. The van der Waals surface area contributed by atoms with Crippen LogP contribution >= 0.6 is 0 Å². The summed E-state index contributed by atoms with van der Waals surface area (Å²) in [6, 6.07) is 11.6. The molecule has 4 aromatic rings. The molecular weight excluding hydrogens is 418 g/mol. The zero-order valence-corrected chi connectivity index (χ0v) is 17.0. The topological polar surface area (TPSA) is 86.9 Å². The molecule has 2 aromatic carbocycles. The number of nitrogens with zero attached hydrogens (tertiary/aromatic N) is 5. The Hall–Kier alpha value is -3.92. The highest BCUT2D eigenvalue weighted by atomic mass is 19.1. The highest BCUT2D eigenvalue weighted by Crippen LogP contribution is 2.31. The van der Waals surface area contributed by atoms with E-state index < -0.39 is 5.82 Å². The van der Waals surface area contributed by atoms with Gasteiger partial charge in [-0.15, -0.1) is 10.2 Å². The summed E-state index contributed by atoms with van der Waals surface area (Å²) in [5.74, 6) is 0.133. The minimum absolute atomic E-state index is 0.267. The van der Waals surface area contributed by atoms with Crippen LogP contribution in [0.4, 0.5) is 20.4 Å². The Morgan fingerprint density at radius 3 is 2.72 bits per heavy atom. The number of ether oxygens (including phenoxy) is 1. The van der Waals surface area contributed by atoms with E-state index in [0.717, 1.165) is 10.2 Å². The average molecular weight is 436 g/mol. The third-order valence-corrected chi connectivity index (χ3v) is 5.38. The Balaban J connectivity index is 1.56. The molecule has 5 rings (SSSR count). The number of benzene rings is 2. The zero-order chi connectivity index (χ0) is 22.2. The summed E-state index contributed by atoms with van der Waals surface area (Å²) >= 11 is 0. The largest absolute Gasteiger partial charge is 0.371 e. The minimum Gasteiger partial charge on any atom is -0.371 e. The van der Waals surface area contributed by atoms with Crippen molar-refractivity contribution in [2.45, 2.75) is 19.6 Å². The standard InChI is InChI=1S/C22H18F2N6O2/c1-13-17(24)9-16(30-21(31)3-2-8-25-30)10-18(13)26-22-28-27-20-12-32-11-19(29(20)22)14-4-6-15(23)7-5-14/h2-10,19H,11-12H2,1H3,(H,26,28). The second-order valence-electron chi connectivity index (χ2n) is 7.39. The van der Waals surface area contributed by atoms with E-state index in [1.54, 1.807) is 25.1 Å². The van der Waals surface area contributed by atoms with Crippen molar-refractivity contribution < 1.29 is 13.5 Å². The lowest BCUT2D eigenvalue weighted by Gasteiger charge is -2.27. The Bertz CT molecular complexity index is 1350. The van der Waals surface area contributed by atoms with E-state index in [9.17, 15) is 13.6 Å². The van der Waals surface area contributed by atoms with Crippen molar-refractivity contribution in [1.82, 2.24) is 24.5 Å². The number of anilines is 2. The Kier molecular flexibility index (Phi) is 4.98. The summed E-state index contributed by atoms with van der Waals surface area (Å²) in [6.07, 6.45) is 1.45. The van der Waals surface area contributed by atoms with Crippen LogP contribution in [-0.4, -0.2) is 31.2 Å². The maximum absolute atomic E-state index is 14.7. The summed E-state index contributed by atoms with van der Waals surface area (Å²) in [4.78, 5) is 12.2. The van der Waals surface area contributed by atoms with E-state index in [0.29, 0.717) is 29.6 Å². The molecule has 1 unspecified atom stereocenters. The first-order chi connectivity index (χ1) is 15.5. The van der Waals surface area contributed by atoms with Crippen LogP contribution in [0.1, 0.15) is 23.0 Å². The molecular formula is C22H18F2N6O2. The molecule has 1 aliphatic heterocycles. The summed E-state index contributed by atoms with van der Waals surface area (Å²) in [5, 5.41) is 15.6. The van der Waals surface area contributed by atoms with Crippen LogP contribution in [0.25, 0.3) is 5.69 Å². The molecule has 32 heavy (non-hydrogen) atoms. The summed E-state index contributed by atoms with van der Waals surface area (Å²) in [6.45, 7) is 2.24. The highest BCUT2D eigenvalue weighted by Gasteiger charge is 2.27. The first kappa shape index (κ1) is 20.0. The van der Waals surface area contributed by atoms with Gasteiger partial charge in [0.05, 0.1) is 18.3 Å². The van der Waals surface area contributed by atoms with E-state index in [1.165, 1.54) is 36.5 Å². The molecule has 1 N–H and O–H groups in total. The van der Waals surface area contributed by atoms with Crippen LogP contribution in [0.5, 0.6) is 0 Å². The SMILES string of the molecule is Cc1c(F)cc(-n2ncccc2=O)cc1Nc1nnc2n1C(c1ccc(F)cc1)COC2. The maximum Gasteiger partial charge on any atom is 0.271 e. The molecule has 8 nitrogen and oxygen atoms in total. The van der Waals surface area contributed by atoms with E-state index in [1.807, 2.05) is 4.57 Å². The van der Waals surface area contributed by atoms with Gasteiger partial charge in [-0.25, -0.2) is 8.78 Å². The zero-order valence-electron chi connectivity index (χ0n) is 17.0. The van der Waals surface area contributed by atoms with E-state index in [2.05, 4.69) is 20.6 Å². The van der Waals surface area contributed by atoms with Crippen LogP contribution in [-0.2, 0) is 11.3 Å². The Labute approximate surface area is 181 Å². The minimum atomic E-state index is -0.501. The van der Waals surface area contributed by atoms with Gasteiger partial charge in [0.1, 0.15) is 18.2 Å². The lowest BCUT2D eigenvalue weighted by Crippen LogP contribution is -2.26. The van der Waals surface area contributed by atoms with Gasteiger partial charge in [-0.3, -0.25) is 9.36 Å². The molecule has 0 fully saturated rings. The van der Waals surface area contributed by atoms with Crippen LogP contribution in [0.15, 0.2) is 59.5 Å². The lowest BCUT2D eigenvalue weighted by molar-refractivity contribution is 0.0670. The predicted octanol–water partition coefficient (Wildman–Crippen LogP) is 3.27. The summed E-state index contributed by atoms with van der Waals surface area (Å²) in [5.41, 5.74) is 1.48. The van der Waals surface area contributed by atoms with Crippen molar-refractivity contribution in [2.24, 2.45) is 0 Å². The van der Waals surface area contributed by atoms with Gasteiger partial charge in [0.2, 0.25) is 5.95 Å². The number of nitrogens with one attached hydrogen (secondary N) is 1. The van der Waals surface area contributed by atoms with Crippen LogP contribution in [0.2, 0.25) is 0 Å². The van der Waals surface area contributed by atoms with Crippen LogP contribution in [0, 0.1) is 18.6 Å². The van der Waals surface area contributed by atoms with Crippen molar-refractivity contribution in [3.05, 3.63) is 93.7 Å². The van der Waals surface area contributed by atoms with Crippen molar-refractivity contribution in [2.75, 3.05) is 11.9 Å². The first-order valence-electron chi connectivity index (χ1n) is 9.90. The highest BCUT2D eigenvalue weighted by molar-refractivity contribution is 5.63. The third kappa shape index (κ3) is 3.54. The van der Waals surface area contributed by atoms with Crippen molar-refractivity contribution in [3.63, 3.8) is 0 Å². The molecule has 0 bridgehead atoms. The molecule has 0 radical (unpaired) electrons. The molecule has 10 heteroatoms. The van der Waals surface area contributed by atoms with Crippen LogP contribution in [0.3, 0.4) is 0 Å². The normalized spacial score (nSPS) is 15.4. The quantitative estimate of drug-likeness (QED) is 0.529. The second kappa shape index (κ2) is 7.97. The summed E-state index contributed by atoms with van der Waals surface area (Å²) < 4.78 is 36.7. The molecule has 162 valence electrons. The molecule has 1 aliphatic rings. The number of rotatable bonds is 4. The van der Waals surface area contributed by atoms with E-state index in [-0.39, 0.29) is 29.7 Å². The molecule has 1 atom stereocenters. The number of halogens is 2. The number of fused-ring (bicyclic) bond motifs is 1. The monoisotopic (exact) mass is 436 g/mol. The fourth-order valence-corrected chi connectivity index (χ4v) is 3.69. The van der Waals surface area contributed by atoms with Crippen molar-refractivity contribution >= 4 is 11.6 Å². The Morgan fingerprint density at radius 2 is 1.94 bits per heavy atom. The molecule has 2 aromatic heterocycles. The molecule has 0 aliphatic carbocycles. The molecule has 0 amide bonds. The van der Waals surface area contributed by atoms with Gasteiger partial charge in [0.25, 0.3) is 5.56 Å². The van der Waals surface area contributed by atoms with Crippen molar-refractivity contribution in [3.8, 4) is 5.69 Å². The fourth-order valence-electron chi connectivity index (χ4n) is 3.69. The number of hydrogen-bond acceptors (Lipinski definition) is 6. The smallest absolute Gasteiger partial charge is 0.271 e. The van der Waals surface area contributed by atoms with Crippen molar-refractivity contribution in [1.29, 1.82) is 0 Å². The maximum atomic E-state index is 14.7. The van der Waals surface area contributed by atoms with Gasteiger partial charge >= 0.3 is 0 Å². The third-order valence-electron chi connectivity index (χ3n) is 5.38. The van der Waals surface area contributed by atoms with E-state index >= 15 is 0 Å². The van der Waals surface area contributed by atoms with Gasteiger partial charge in [-0.1, -0.05) is 12.1 Å². The lowest BCUT2D eigenvalue weighted by atomic mass is 10.1. The summed E-state index contributed by atoms with van der Waals surface area (Å²) in [7, 11) is 0. The average Bonchev–Trinajstić information content (AvgIpc) is 3.21. The van der Waals surface area contributed by atoms with Gasteiger partial charge in [-0.05, 0) is 36.8 Å².